The zero-order valence-electron chi connectivity index (χ0n) is 37.8. The molecule has 9 rings (SSSR count). The highest BCUT2D eigenvalue weighted by molar-refractivity contribution is 6.15. The molecule has 4 heterocycles. The first-order chi connectivity index (χ1) is 32.6. The van der Waals surface area contributed by atoms with E-state index < -0.39 is 5.97 Å². The molecule has 67 heavy (non-hydrogen) atoms. The van der Waals surface area contributed by atoms with Crippen molar-refractivity contribution in [3.8, 4) is 17.2 Å². The summed E-state index contributed by atoms with van der Waals surface area (Å²) in [5, 5.41) is 8.74. The topological polar surface area (TPSA) is 161 Å². The van der Waals surface area contributed by atoms with Gasteiger partial charge in [0.05, 0.1) is 87.8 Å². The summed E-state index contributed by atoms with van der Waals surface area (Å²) in [6, 6.07) is 28.9. The number of carboxylic acid groups (broad SMARTS) is 1. The second-order valence-corrected chi connectivity index (χ2v) is 16.8. The van der Waals surface area contributed by atoms with Crippen LogP contribution in [0.3, 0.4) is 0 Å². The van der Waals surface area contributed by atoms with Crippen molar-refractivity contribution in [2.24, 2.45) is 9.98 Å². The fourth-order valence-corrected chi connectivity index (χ4v) is 8.87. The van der Waals surface area contributed by atoms with Gasteiger partial charge in [0.2, 0.25) is 0 Å². The monoisotopic (exact) mass is 907 g/mol. The number of ether oxygens (including phenoxy) is 6. The minimum Gasteiger partial charge on any atom is -0.493 e. The van der Waals surface area contributed by atoms with E-state index >= 15 is 0 Å². The van der Waals surface area contributed by atoms with E-state index in [9.17, 15) is 14.4 Å². The van der Waals surface area contributed by atoms with Gasteiger partial charge in [0.25, 0.3) is 11.8 Å². The van der Waals surface area contributed by atoms with Gasteiger partial charge in [-0.05, 0) is 77.2 Å². The highest BCUT2D eigenvalue weighted by Gasteiger charge is 2.38. The molecule has 5 aromatic rings. The van der Waals surface area contributed by atoms with Gasteiger partial charge in [0, 0.05) is 68.1 Å². The lowest BCUT2D eigenvalue weighted by molar-refractivity contribution is -0.138. The quantitative estimate of drug-likeness (QED) is 0.0763. The van der Waals surface area contributed by atoms with Gasteiger partial charge in [0.1, 0.15) is 19.0 Å². The highest BCUT2D eigenvalue weighted by Crippen LogP contribution is 2.42. The summed E-state index contributed by atoms with van der Waals surface area (Å²) in [5.74, 6) is 0.376. The molecule has 15 heteroatoms. The molecule has 15 nitrogen and oxygen atoms in total. The summed E-state index contributed by atoms with van der Waals surface area (Å²) >= 11 is 0. The maximum Gasteiger partial charge on any atom is 0.305 e. The summed E-state index contributed by atoms with van der Waals surface area (Å²) in [7, 11) is 3.54. The molecule has 0 bridgehead atoms. The first kappa shape index (κ1) is 45.1. The van der Waals surface area contributed by atoms with E-state index in [1.54, 1.807) is 19.2 Å². The van der Waals surface area contributed by atoms with E-state index in [1.807, 2.05) is 96.9 Å². The van der Waals surface area contributed by atoms with E-state index in [4.69, 9.17) is 43.5 Å². The lowest BCUT2D eigenvalue weighted by Gasteiger charge is -2.23. The van der Waals surface area contributed by atoms with Gasteiger partial charge in [0.15, 0.2) is 11.5 Å². The number of carbonyl (C=O) groups is 3. The minimum atomic E-state index is -0.897. The number of aliphatic carboxylic acids is 1. The summed E-state index contributed by atoms with van der Waals surface area (Å²) in [4.78, 5) is 54.0. The standard InChI is InChI=1S/C52H53N5O10/c1-33-20-41-43(53-29-39-24-36-8-4-6-10-45(36)56(39)51(41)60)27-47(33)66-31-34-21-35(23-38(22-34)55(2)13-15-64-17-19-65-18-16-63-14-12-50(58)59)32-67-49-28-44-42(26-48(49)62-3)52(61)57-40(30-54-44)25-37-9-5-7-11-46(37)57/h4-11,20-23,26-30,39-40H,12-19,24-25,31-32H2,1-3H3,(H,58,59)/t39-,40-/m0/s1. The number of carboxylic acids is 1. The average Bonchev–Trinajstić information content (AvgIpc) is 3.83. The molecule has 5 aromatic carbocycles. The Morgan fingerprint density at radius 2 is 1.19 bits per heavy atom. The van der Waals surface area contributed by atoms with Gasteiger partial charge in [-0.25, -0.2) is 0 Å². The molecule has 0 spiro atoms. The molecule has 2 amide bonds. The van der Waals surface area contributed by atoms with E-state index in [1.165, 1.54) is 0 Å². The normalized spacial score (nSPS) is 16.3. The number of benzene rings is 5. The van der Waals surface area contributed by atoms with Gasteiger partial charge in [-0.2, -0.15) is 0 Å². The third-order valence-corrected chi connectivity index (χ3v) is 12.3. The van der Waals surface area contributed by atoms with Gasteiger partial charge < -0.3 is 38.4 Å². The molecule has 0 saturated heterocycles. The number of aliphatic imine (C=N–C) groups is 2. The highest BCUT2D eigenvalue weighted by atomic mass is 16.5. The Morgan fingerprint density at radius 1 is 0.672 bits per heavy atom. The first-order valence-corrected chi connectivity index (χ1v) is 22.5. The number of aryl methyl sites for hydroxylation is 1. The van der Waals surface area contributed by atoms with E-state index in [2.05, 4.69) is 23.1 Å². The summed E-state index contributed by atoms with van der Waals surface area (Å²) in [6.07, 6.45) is 5.07. The van der Waals surface area contributed by atoms with E-state index in [0.29, 0.717) is 85.8 Å². The second-order valence-electron chi connectivity index (χ2n) is 16.8. The van der Waals surface area contributed by atoms with Crippen molar-refractivity contribution in [3.05, 3.63) is 130 Å². The fourth-order valence-electron chi connectivity index (χ4n) is 8.87. The first-order valence-electron chi connectivity index (χ1n) is 22.5. The molecular weight excluding hydrogens is 855 g/mol. The Hall–Kier alpha value is -7.07. The molecular formula is C52H53N5O10. The number of methoxy groups -OCH3 is 1. The number of carbonyl (C=O) groups excluding carboxylic acids is 2. The van der Waals surface area contributed by atoms with Crippen molar-refractivity contribution in [1.29, 1.82) is 0 Å². The van der Waals surface area contributed by atoms with Gasteiger partial charge >= 0.3 is 5.97 Å². The lowest BCUT2D eigenvalue weighted by atomic mass is 10.1. The smallest absolute Gasteiger partial charge is 0.305 e. The minimum absolute atomic E-state index is 0.0399. The molecule has 1 N–H and O–H groups in total. The molecule has 0 fully saturated rings. The Bertz CT molecular complexity index is 2740. The molecule has 0 saturated carbocycles. The number of nitrogens with zero attached hydrogens (tertiary/aromatic N) is 5. The van der Waals surface area contributed by atoms with Crippen LogP contribution in [0.25, 0.3) is 0 Å². The van der Waals surface area contributed by atoms with Crippen LogP contribution in [0.5, 0.6) is 17.2 Å². The third-order valence-electron chi connectivity index (χ3n) is 12.3. The summed E-state index contributed by atoms with van der Waals surface area (Å²) in [5.41, 5.74) is 9.60. The van der Waals surface area contributed by atoms with Gasteiger partial charge in [-0.15, -0.1) is 0 Å². The molecule has 2 atom stereocenters. The van der Waals surface area contributed by atoms with Gasteiger partial charge in [-0.1, -0.05) is 36.4 Å². The second kappa shape index (κ2) is 20.2. The number of anilines is 3. The maximum atomic E-state index is 14.0. The van der Waals surface area contributed by atoms with Crippen LogP contribution in [0.15, 0.2) is 101 Å². The number of rotatable bonds is 20. The molecule has 0 aromatic heterocycles. The summed E-state index contributed by atoms with van der Waals surface area (Å²) < 4.78 is 35.5. The number of hydrogen-bond acceptors (Lipinski definition) is 12. The molecule has 4 aliphatic rings. The molecule has 0 unspecified atom stereocenters. The molecule has 346 valence electrons. The van der Waals surface area contributed by atoms with Crippen LogP contribution >= 0.6 is 0 Å². The third kappa shape index (κ3) is 9.90. The zero-order chi connectivity index (χ0) is 46.4. The van der Waals surface area contributed by atoms with Crippen molar-refractivity contribution in [2.45, 2.75) is 51.5 Å². The van der Waals surface area contributed by atoms with Crippen LogP contribution in [-0.4, -0.2) is 108 Å². The maximum absolute atomic E-state index is 14.0. The Balaban J connectivity index is 0.902. The predicted octanol–water partition coefficient (Wildman–Crippen LogP) is 7.70. The fraction of sp³-hybridized carbons (Fsp3) is 0.327. The Morgan fingerprint density at radius 3 is 1.78 bits per heavy atom. The predicted molar refractivity (Wildman–Crippen MR) is 255 cm³/mol. The molecule has 4 aliphatic heterocycles. The molecule has 0 radical (unpaired) electrons. The van der Waals surface area contributed by atoms with E-state index in [0.717, 1.165) is 51.3 Å². The van der Waals surface area contributed by atoms with E-state index in [-0.39, 0.29) is 50.1 Å². The van der Waals surface area contributed by atoms with Crippen molar-refractivity contribution in [3.63, 3.8) is 0 Å². The van der Waals surface area contributed by atoms with Crippen LogP contribution in [0, 0.1) is 6.92 Å². The van der Waals surface area contributed by atoms with Crippen molar-refractivity contribution >= 4 is 58.6 Å². The van der Waals surface area contributed by atoms with Gasteiger partial charge in [-0.3, -0.25) is 34.2 Å². The van der Waals surface area contributed by atoms with Crippen LogP contribution in [-0.2, 0) is 45.1 Å². The van der Waals surface area contributed by atoms with Crippen LogP contribution < -0.4 is 28.9 Å². The number of para-hydroxylation sites is 2. The Kier molecular flexibility index (Phi) is 13.6. The zero-order valence-corrected chi connectivity index (χ0v) is 37.8. The number of likely N-dealkylation sites (N-methyl/N-ethyl adjacent to an activating group) is 1. The SMILES string of the molecule is COc1cc2c(cc1OCc1cc(COc3cc4c(cc3C)C(=O)N3c5ccccc5C[C@H]3C=N4)cc(N(C)CCOCCOCCOCCC(=O)O)c1)N=C[C@@H]1Cc3ccccc3N1C2=O. The lowest BCUT2D eigenvalue weighted by Crippen LogP contribution is -2.37. The number of hydrogen-bond donors (Lipinski definition) is 1. The van der Waals surface area contributed by atoms with Crippen molar-refractivity contribution in [2.75, 3.05) is 75.0 Å². The summed E-state index contributed by atoms with van der Waals surface area (Å²) in [6.45, 7) is 4.94. The Labute approximate surface area is 389 Å². The molecule has 0 aliphatic carbocycles. The van der Waals surface area contributed by atoms with Crippen LogP contribution in [0.2, 0.25) is 0 Å². The van der Waals surface area contributed by atoms with Crippen molar-refractivity contribution in [1.82, 2.24) is 0 Å². The number of amides is 2. The largest absolute Gasteiger partial charge is 0.493 e. The van der Waals surface area contributed by atoms with Crippen LogP contribution in [0.1, 0.15) is 55.0 Å². The average molecular weight is 908 g/mol. The van der Waals surface area contributed by atoms with Crippen molar-refractivity contribution < 1.29 is 47.9 Å². The van der Waals surface area contributed by atoms with Crippen LogP contribution in [0.4, 0.5) is 28.4 Å². The number of fused-ring (bicyclic) bond motifs is 8.